The van der Waals surface area contributed by atoms with Crippen LogP contribution in [0.3, 0.4) is 0 Å². The summed E-state index contributed by atoms with van der Waals surface area (Å²) in [5, 5.41) is 3.08. The van der Waals surface area contributed by atoms with Gasteiger partial charge in [-0.05, 0) is 67.8 Å². The second-order valence-electron chi connectivity index (χ2n) is 7.32. The maximum absolute atomic E-state index is 12.6. The molecule has 6 nitrogen and oxygen atoms in total. The Hall–Kier alpha value is -3.03. The SMILES string of the molecule is COc1cccc(CCCNC(=O)c2cc(NS(=O)(=O)c3ccc(C)cc3)ccc2Cl)c1. The standard InChI is InChI=1S/C24H25ClN2O4S/c1-17-8-11-21(12-9-17)32(29,30)27-19-10-13-23(25)22(16-19)24(28)26-14-4-6-18-5-3-7-20(15-18)31-2/h3,5,7-13,15-16,27H,4,6,14H2,1-2H3,(H,26,28). The average molecular weight is 473 g/mol. The van der Waals surface area contributed by atoms with Crippen molar-refractivity contribution in [3.8, 4) is 5.75 Å². The molecule has 0 aliphatic rings. The van der Waals surface area contributed by atoms with Gasteiger partial charge in [-0.3, -0.25) is 9.52 Å². The minimum absolute atomic E-state index is 0.140. The Morgan fingerprint density at radius 2 is 1.78 bits per heavy atom. The van der Waals surface area contributed by atoms with Crippen molar-refractivity contribution in [1.29, 1.82) is 0 Å². The Morgan fingerprint density at radius 1 is 1.03 bits per heavy atom. The van der Waals surface area contributed by atoms with Gasteiger partial charge in [-0.1, -0.05) is 41.4 Å². The number of benzene rings is 3. The van der Waals surface area contributed by atoms with Crippen LogP contribution in [0.15, 0.2) is 71.6 Å². The van der Waals surface area contributed by atoms with Crippen LogP contribution in [0.1, 0.15) is 27.9 Å². The maximum Gasteiger partial charge on any atom is 0.261 e. The van der Waals surface area contributed by atoms with Crippen molar-refractivity contribution in [2.45, 2.75) is 24.7 Å². The van der Waals surface area contributed by atoms with E-state index < -0.39 is 10.0 Å². The van der Waals surface area contributed by atoms with Crippen LogP contribution in [0.5, 0.6) is 5.75 Å². The van der Waals surface area contributed by atoms with E-state index in [-0.39, 0.29) is 27.1 Å². The van der Waals surface area contributed by atoms with Gasteiger partial charge in [-0.25, -0.2) is 8.42 Å². The van der Waals surface area contributed by atoms with E-state index in [4.69, 9.17) is 16.3 Å². The van der Waals surface area contributed by atoms with Crippen LogP contribution in [-0.2, 0) is 16.4 Å². The smallest absolute Gasteiger partial charge is 0.261 e. The number of ether oxygens (including phenoxy) is 1. The summed E-state index contributed by atoms with van der Waals surface area (Å²) in [5.74, 6) is 0.431. The second-order valence-corrected chi connectivity index (χ2v) is 9.41. The molecule has 2 N–H and O–H groups in total. The Bertz CT molecular complexity index is 1190. The largest absolute Gasteiger partial charge is 0.497 e. The van der Waals surface area contributed by atoms with E-state index in [1.807, 2.05) is 31.2 Å². The van der Waals surface area contributed by atoms with Gasteiger partial charge in [0, 0.05) is 12.2 Å². The number of amides is 1. The molecule has 3 aromatic carbocycles. The minimum atomic E-state index is -3.78. The number of hydrogen-bond donors (Lipinski definition) is 2. The molecule has 3 aromatic rings. The van der Waals surface area contributed by atoms with Gasteiger partial charge in [0.25, 0.3) is 15.9 Å². The van der Waals surface area contributed by atoms with E-state index in [0.29, 0.717) is 6.54 Å². The summed E-state index contributed by atoms with van der Waals surface area (Å²) in [6, 6.07) is 18.7. The number of methoxy groups -OCH3 is 1. The van der Waals surface area contributed by atoms with E-state index in [1.54, 1.807) is 19.2 Å². The van der Waals surface area contributed by atoms with Gasteiger partial charge >= 0.3 is 0 Å². The van der Waals surface area contributed by atoms with Crippen molar-refractivity contribution in [1.82, 2.24) is 5.32 Å². The molecule has 0 fully saturated rings. The lowest BCUT2D eigenvalue weighted by molar-refractivity contribution is 0.0953. The number of carbonyl (C=O) groups excluding carboxylic acids is 1. The average Bonchev–Trinajstić information content (AvgIpc) is 2.78. The van der Waals surface area contributed by atoms with Crippen LogP contribution in [0.25, 0.3) is 0 Å². The molecule has 0 atom stereocenters. The van der Waals surface area contributed by atoms with Gasteiger partial charge in [0.1, 0.15) is 5.75 Å². The summed E-state index contributed by atoms with van der Waals surface area (Å²) in [6.45, 7) is 2.33. The molecular formula is C24H25ClN2O4S. The summed E-state index contributed by atoms with van der Waals surface area (Å²) in [6.07, 6.45) is 1.51. The summed E-state index contributed by atoms with van der Waals surface area (Å²) < 4.78 is 32.9. The van der Waals surface area contributed by atoms with Gasteiger partial charge < -0.3 is 10.1 Å². The zero-order valence-corrected chi connectivity index (χ0v) is 19.5. The Balaban J connectivity index is 1.61. The lowest BCUT2D eigenvalue weighted by Gasteiger charge is -2.12. The highest BCUT2D eigenvalue weighted by atomic mass is 35.5. The van der Waals surface area contributed by atoms with Crippen molar-refractivity contribution in [3.63, 3.8) is 0 Å². The first-order valence-corrected chi connectivity index (χ1v) is 11.9. The lowest BCUT2D eigenvalue weighted by Crippen LogP contribution is -2.25. The van der Waals surface area contributed by atoms with Crippen LogP contribution < -0.4 is 14.8 Å². The molecule has 0 spiro atoms. The first-order valence-electron chi connectivity index (χ1n) is 10.1. The number of rotatable bonds is 9. The third-order valence-electron chi connectivity index (χ3n) is 4.86. The van der Waals surface area contributed by atoms with E-state index in [0.717, 1.165) is 29.7 Å². The van der Waals surface area contributed by atoms with Gasteiger partial charge in [-0.15, -0.1) is 0 Å². The molecule has 32 heavy (non-hydrogen) atoms. The van der Waals surface area contributed by atoms with Crippen molar-refractivity contribution in [2.24, 2.45) is 0 Å². The number of anilines is 1. The monoisotopic (exact) mass is 472 g/mol. The minimum Gasteiger partial charge on any atom is -0.497 e. The predicted octanol–water partition coefficient (Wildman–Crippen LogP) is 4.82. The first kappa shape index (κ1) is 23.6. The highest BCUT2D eigenvalue weighted by molar-refractivity contribution is 7.92. The molecule has 0 aromatic heterocycles. The van der Waals surface area contributed by atoms with Crippen molar-refractivity contribution < 1.29 is 17.9 Å². The number of aryl methyl sites for hydroxylation is 2. The maximum atomic E-state index is 12.6. The molecule has 0 aliphatic carbocycles. The van der Waals surface area contributed by atoms with E-state index in [2.05, 4.69) is 10.0 Å². The molecule has 0 radical (unpaired) electrons. The predicted molar refractivity (Wildman–Crippen MR) is 127 cm³/mol. The van der Waals surface area contributed by atoms with Gasteiger partial charge in [0.15, 0.2) is 0 Å². The molecule has 0 bridgehead atoms. The van der Waals surface area contributed by atoms with Gasteiger partial charge in [0.05, 0.1) is 22.6 Å². The number of carbonyl (C=O) groups is 1. The number of nitrogens with one attached hydrogen (secondary N) is 2. The van der Waals surface area contributed by atoms with Crippen LogP contribution in [0.2, 0.25) is 5.02 Å². The number of hydrogen-bond acceptors (Lipinski definition) is 4. The second kappa shape index (κ2) is 10.5. The van der Waals surface area contributed by atoms with Crippen molar-refractivity contribution in [3.05, 3.63) is 88.4 Å². The topological polar surface area (TPSA) is 84.5 Å². The van der Waals surface area contributed by atoms with Crippen LogP contribution >= 0.6 is 11.6 Å². The summed E-state index contributed by atoms with van der Waals surface area (Å²) in [7, 11) is -2.15. The highest BCUT2D eigenvalue weighted by Crippen LogP contribution is 2.23. The van der Waals surface area contributed by atoms with E-state index in [9.17, 15) is 13.2 Å². The van der Waals surface area contributed by atoms with Gasteiger partial charge in [-0.2, -0.15) is 0 Å². The molecule has 8 heteroatoms. The van der Waals surface area contributed by atoms with Crippen LogP contribution in [-0.4, -0.2) is 28.0 Å². The third-order valence-corrected chi connectivity index (χ3v) is 6.58. The molecule has 1 amide bonds. The summed E-state index contributed by atoms with van der Waals surface area (Å²) >= 11 is 6.19. The van der Waals surface area contributed by atoms with Crippen molar-refractivity contribution in [2.75, 3.05) is 18.4 Å². The van der Waals surface area contributed by atoms with E-state index in [1.165, 1.54) is 30.3 Å². The molecule has 0 saturated heterocycles. The van der Waals surface area contributed by atoms with Crippen LogP contribution in [0, 0.1) is 6.92 Å². The fourth-order valence-electron chi connectivity index (χ4n) is 3.11. The van der Waals surface area contributed by atoms with E-state index >= 15 is 0 Å². The van der Waals surface area contributed by atoms with Gasteiger partial charge in [0.2, 0.25) is 0 Å². The third kappa shape index (κ3) is 6.24. The number of halogens is 1. The summed E-state index contributed by atoms with van der Waals surface area (Å²) in [5.41, 5.74) is 2.54. The number of sulfonamides is 1. The molecular weight excluding hydrogens is 448 g/mol. The van der Waals surface area contributed by atoms with Crippen molar-refractivity contribution >= 4 is 33.2 Å². The quantitative estimate of drug-likeness (QED) is 0.437. The molecule has 0 heterocycles. The molecule has 168 valence electrons. The fraction of sp³-hybridized carbons (Fsp3) is 0.208. The van der Waals surface area contributed by atoms with Crippen LogP contribution in [0.4, 0.5) is 5.69 Å². The zero-order valence-electron chi connectivity index (χ0n) is 17.9. The molecule has 0 unspecified atom stereocenters. The molecule has 3 rings (SSSR count). The Labute approximate surface area is 193 Å². The fourth-order valence-corrected chi connectivity index (χ4v) is 4.36. The molecule has 0 saturated carbocycles. The lowest BCUT2D eigenvalue weighted by atomic mass is 10.1. The zero-order chi connectivity index (χ0) is 23.1. The Kier molecular flexibility index (Phi) is 7.77. The Morgan fingerprint density at radius 3 is 2.50 bits per heavy atom. The normalized spacial score (nSPS) is 11.1. The summed E-state index contributed by atoms with van der Waals surface area (Å²) in [4.78, 5) is 12.8. The molecule has 0 aliphatic heterocycles. The first-order chi connectivity index (χ1) is 15.3. The highest BCUT2D eigenvalue weighted by Gasteiger charge is 2.16.